The number of alkyl halides is 3. The lowest BCUT2D eigenvalue weighted by Gasteiger charge is -2.13. The van der Waals surface area contributed by atoms with Gasteiger partial charge in [0.1, 0.15) is 6.04 Å². The number of carboxylic acid groups (broad SMARTS) is 1. The number of carboxylic acids is 1. The SMILES string of the molecule is CCCCCCC(C(=O)O)n1ccnc1.O=S(=O)(O)C(F)(F)F. The minimum atomic E-state index is -5.84. The molecule has 1 unspecified atom stereocenters. The topological polar surface area (TPSA) is 109 Å². The lowest BCUT2D eigenvalue weighted by molar-refractivity contribution is -0.141. The maximum Gasteiger partial charge on any atom is 0.522 e. The minimum Gasteiger partial charge on any atom is -0.480 e. The van der Waals surface area contributed by atoms with Gasteiger partial charge in [-0.3, -0.25) is 4.55 Å². The van der Waals surface area contributed by atoms with E-state index in [1.54, 1.807) is 23.3 Å². The number of aliphatic carboxylic acids is 1. The molecule has 1 heterocycles. The Labute approximate surface area is 131 Å². The molecule has 1 aromatic rings. The second kappa shape index (κ2) is 9.50. The lowest BCUT2D eigenvalue weighted by Crippen LogP contribution is -2.21. The van der Waals surface area contributed by atoms with Gasteiger partial charge in [-0.1, -0.05) is 32.6 Å². The van der Waals surface area contributed by atoms with E-state index in [1.165, 1.54) is 12.8 Å². The third-order valence-corrected chi connectivity index (χ3v) is 3.38. The summed E-state index contributed by atoms with van der Waals surface area (Å²) in [4.78, 5) is 14.9. The molecule has 23 heavy (non-hydrogen) atoms. The van der Waals surface area contributed by atoms with Crippen LogP contribution in [-0.2, 0) is 14.9 Å². The molecule has 0 saturated carbocycles. The molecule has 0 bridgehead atoms. The fraction of sp³-hybridized carbons (Fsp3) is 0.667. The minimum absolute atomic E-state index is 0.454. The number of imidazole rings is 1. The van der Waals surface area contributed by atoms with Crippen molar-refractivity contribution in [2.75, 3.05) is 0 Å². The van der Waals surface area contributed by atoms with E-state index in [9.17, 15) is 18.0 Å². The summed E-state index contributed by atoms with van der Waals surface area (Å²) < 4.78 is 59.2. The highest BCUT2D eigenvalue weighted by Crippen LogP contribution is 2.20. The van der Waals surface area contributed by atoms with Gasteiger partial charge in [0.2, 0.25) is 0 Å². The summed E-state index contributed by atoms with van der Waals surface area (Å²) >= 11 is 0. The molecule has 0 aliphatic rings. The second-order valence-corrected chi connectivity index (χ2v) is 6.05. The van der Waals surface area contributed by atoms with Crippen LogP contribution in [-0.4, -0.2) is 39.1 Å². The van der Waals surface area contributed by atoms with Crippen LogP contribution in [0.5, 0.6) is 0 Å². The number of unbranched alkanes of at least 4 members (excludes halogenated alkanes) is 3. The molecule has 0 fully saturated rings. The highest BCUT2D eigenvalue weighted by Gasteiger charge is 2.44. The average Bonchev–Trinajstić information content (AvgIpc) is 2.90. The van der Waals surface area contributed by atoms with Crippen LogP contribution in [0.3, 0.4) is 0 Å². The first-order valence-corrected chi connectivity index (χ1v) is 8.18. The summed E-state index contributed by atoms with van der Waals surface area (Å²) in [6, 6.07) is -0.454. The first-order valence-electron chi connectivity index (χ1n) is 6.74. The van der Waals surface area contributed by atoms with Gasteiger partial charge in [-0.2, -0.15) is 21.6 Å². The first kappa shape index (κ1) is 21.4. The smallest absolute Gasteiger partial charge is 0.480 e. The van der Waals surface area contributed by atoms with E-state index < -0.39 is 27.6 Å². The molecule has 7 nitrogen and oxygen atoms in total. The molecule has 0 saturated heterocycles. The van der Waals surface area contributed by atoms with E-state index in [4.69, 9.17) is 18.1 Å². The summed E-state index contributed by atoms with van der Waals surface area (Å²) in [5.74, 6) is -0.774. The average molecular weight is 360 g/mol. The van der Waals surface area contributed by atoms with Gasteiger partial charge >= 0.3 is 21.6 Å². The van der Waals surface area contributed by atoms with Crippen LogP contribution in [0.4, 0.5) is 13.2 Å². The van der Waals surface area contributed by atoms with E-state index in [2.05, 4.69) is 11.9 Å². The lowest BCUT2D eigenvalue weighted by atomic mass is 10.1. The normalized spacial score (nSPS) is 13.1. The molecule has 1 rings (SSSR count). The molecule has 0 aliphatic heterocycles. The monoisotopic (exact) mass is 360 g/mol. The summed E-state index contributed by atoms with van der Waals surface area (Å²) in [5.41, 5.74) is -5.53. The molecular weight excluding hydrogens is 341 g/mol. The summed E-state index contributed by atoms with van der Waals surface area (Å²) in [7, 11) is -5.84. The van der Waals surface area contributed by atoms with Crippen LogP contribution < -0.4 is 0 Å². The largest absolute Gasteiger partial charge is 0.522 e. The molecular formula is C12H19F3N2O5S. The molecule has 134 valence electrons. The number of hydrogen-bond donors (Lipinski definition) is 2. The summed E-state index contributed by atoms with van der Waals surface area (Å²) in [5, 5.41) is 9.05. The molecule has 0 amide bonds. The highest BCUT2D eigenvalue weighted by atomic mass is 32.2. The van der Waals surface area contributed by atoms with E-state index >= 15 is 0 Å². The number of halogens is 3. The van der Waals surface area contributed by atoms with Crippen LogP contribution >= 0.6 is 0 Å². The van der Waals surface area contributed by atoms with Crippen molar-refractivity contribution in [3.8, 4) is 0 Å². The summed E-state index contributed by atoms with van der Waals surface area (Å²) in [6.45, 7) is 2.14. The first-order chi connectivity index (χ1) is 10.5. The molecule has 11 heteroatoms. The van der Waals surface area contributed by atoms with E-state index in [0.29, 0.717) is 6.42 Å². The van der Waals surface area contributed by atoms with E-state index in [1.807, 2.05) is 0 Å². The zero-order chi connectivity index (χ0) is 18.1. The number of carbonyl (C=O) groups is 1. The van der Waals surface area contributed by atoms with Gasteiger partial charge in [0.05, 0.1) is 6.33 Å². The molecule has 0 spiro atoms. The number of hydrogen-bond acceptors (Lipinski definition) is 4. The van der Waals surface area contributed by atoms with Crippen molar-refractivity contribution in [3.63, 3.8) is 0 Å². The molecule has 0 aliphatic carbocycles. The fourth-order valence-corrected chi connectivity index (χ4v) is 1.62. The van der Waals surface area contributed by atoms with Crippen molar-refractivity contribution in [2.24, 2.45) is 0 Å². The summed E-state index contributed by atoms with van der Waals surface area (Å²) in [6.07, 6.45) is 9.99. The zero-order valence-corrected chi connectivity index (χ0v) is 13.2. The maximum atomic E-state index is 11.0. The van der Waals surface area contributed by atoms with Gasteiger partial charge < -0.3 is 9.67 Å². The predicted octanol–water partition coefficient (Wildman–Crippen LogP) is 2.87. The van der Waals surface area contributed by atoms with Gasteiger partial charge in [-0.15, -0.1) is 0 Å². The van der Waals surface area contributed by atoms with Crippen molar-refractivity contribution in [1.29, 1.82) is 0 Å². The van der Waals surface area contributed by atoms with E-state index in [0.717, 1.165) is 12.8 Å². The third-order valence-electron chi connectivity index (χ3n) is 2.79. The van der Waals surface area contributed by atoms with Crippen molar-refractivity contribution in [3.05, 3.63) is 18.7 Å². The number of aromatic nitrogens is 2. The van der Waals surface area contributed by atoms with Crippen molar-refractivity contribution >= 4 is 16.1 Å². The zero-order valence-electron chi connectivity index (χ0n) is 12.4. The van der Waals surface area contributed by atoms with Crippen LogP contribution in [0, 0.1) is 0 Å². The van der Waals surface area contributed by atoms with Gasteiger partial charge in [-0.25, -0.2) is 9.78 Å². The van der Waals surface area contributed by atoms with Crippen LogP contribution in [0.2, 0.25) is 0 Å². The van der Waals surface area contributed by atoms with Gasteiger partial charge in [0.15, 0.2) is 0 Å². The van der Waals surface area contributed by atoms with Crippen LogP contribution in [0.15, 0.2) is 18.7 Å². The Morgan fingerprint density at radius 1 is 1.30 bits per heavy atom. The Morgan fingerprint density at radius 2 is 1.87 bits per heavy atom. The Hall–Kier alpha value is -1.62. The maximum absolute atomic E-state index is 11.0. The van der Waals surface area contributed by atoms with Crippen molar-refractivity contribution in [1.82, 2.24) is 9.55 Å². The third kappa shape index (κ3) is 8.55. The standard InChI is InChI=1S/C11H18N2O2.CHF3O3S/c1-2-3-4-5-6-10(11(14)15)13-8-7-12-9-13;2-1(3,4)8(5,6)7/h7-10H,2-6H2,1H3,(H,14,15);(H,5,6,7). The predicted molar refractivity (Wildman–Crippen MR) is 75.3 cm³/mol. The molecule has 0 radical (unpaired) electrons. The van der Waals surface area contributed by atoms with Gasteiger partial charge in [0, 0.05) is 12.4 Å². The van der Waals surface area contributed by atoms with Crippen LogP contribution in [0.25, 0.3) is 0 Å². The van der Waals surface area contributed by atoms with Gasteiger partial charge in [0.25, 0.3) is 0 Å². The molecule has 0 aromatic carbocycles. The fourth-order valence-electron chi connectivity index (χ4n) is 1.62. The van der Waals surface area contributed by atoms with Crippen molar-refractivity contribution < 1.29 is 36.0 Å². The Morgan fingerprint density at radius 3 is 2.22 bits per heavy atom. The highest BCUT2D eigenvalue weighted by molar-refractivity contribution is 7.86. The Bertz CT molecular complexity index is 558. The molecule has 1 aromatic heterocycles. The molecule has 2 N–H and O–H groups in total. The number of nitrogens with zero attached hydrogens (tertiary/aromatic N) is 2. The van der Waals surface area contributed by atoms with Crippen molar-refractivity contribution in [2.45, 2.75) is 50.6 Å². The quantitative estimate of drug-likeness (QED) is 0.440. The Balaban J connectivity index is 0.000000515. The van der Waals surface area contributed by atoms with Gasteiger partial charge in [-0.05, 0) is 6.42 Å². The second-order valence-electron chi connectivity index (χ2n) is 4.63. The van der Waals surface area contributed by atoms with E-state index in [-0.39, 0.29) is 0 Å². The van der Waals surface area contributed by atoms with Crippen LogP contribution in [0.1, 0.15) is 45.1 Å². The molecule has 1 atom stereocenters. The number of rotatable bonds is 7. The Kier molecular flexibility index (Phi) is 8.83.